The third kappa shape index (κ3) is 4.80. The van der Waals surface area contributed by atoms with Crippen LogP contribution in [-0.2, 0) is 19.0 Å². The molecular formula is C9H15F3O4. The lowest BCUT2D eigenvalue weighted by atomic mass is 10.0. The minimum atomic E-state index is -4.58. The maximum Gasteiger partial charge on any atom is 0.397 e. The Labute approximate surface area is 91.7 Å². The monoisotopic (exact) mass is 244 g/mol. The number of alkyl halides is 3. The van der Waals surface area contributed by atoms with E-state index in [1.165, 1.54) is 6.92 Å². The summed E-state index contributed by atoms with van der Waals surface area (Å²) < 4.78 is 51.2. The topological polar surface area (TPSA) is 44.8 Å². The average molecular weight is 244 g/mol. The van der Waals surface area contributed by atoms with E-state index in [1.54, 1.807) is 0 Å². The van der Waals surface area contributed by atoms with E-state index in [4.69, 9.17) is 0 Å². The molecule has 0 saturated heterocycles. The van der Waals surface area contributed by atoms with Gasteiger partial charge in [-0.05, 0) is 6.92 Å². The zero-order valence-electron chi connectivity index (χ0n) is 9.34. The van der Waals surface area contributed by atoms with Gasteiger partial charge in [-0.2, -0.15) is 13.2 Å². The van der Waals surface area contributed by atoms with Crippen LogP contribution in [0.3, 0.4) is 0 Å². The van der Waals surface area contributed by atoms with E-state index in [9.17, 15) is 18.0 Å². The number of halogens is 3. The van der Waals surface area contributed by atoms with Gasteiger partial charge < -0.3 is 14.2 Å². The highest BCUT2D eigenvalue weighted by atomic mass is 19.4. The summed E-state index contributed by atoms with van der Waals surface area (Å²) in [5.74, 6) is -2.95. The molecule has 0 aromatic heterocycles. The molecule has 0 aromatic rings. The molecule has 0 rings (SSSR count). The highest BCUT2D eigenvalue weighted by molar-refractivity contribution is 5.69. The third-order valence-electron chi connectivity index (χ3n) is 1.91. The predicted octanol–water partition coefficient (Wildman–Crippen LogP) is 1.74. The van der Waals surface area contributed by atoms with Gasteiger partial charge in [0.15, 0.2) is 6.29 Å². The van der Waals surface area contributed by atoms with Crippen molar-refractivity contribution >= 4 is 5.97 Å². The Kier molecular flexibility index (Phi) is 6.35. The van der Waals surface area contributed by atoms with Crippen LogP contribution >= 0.6 is 0 Å². The van der Waals surface area contributed by atoms with Gasteiger partial charge in [-0.25, -0.2) is 0 Å². The summed E-state index contributed by atoms with van der Waals surface area (Å²) in [4.78, 5) is 11.0. The summed E-state index contributed by atoms with van der Waals surface area (Å²) in [6.45, 7) is 1.55. The second-order valence-electron chi connectivity index (χ2n) is 3.00. The van der Waals surface area contributed by atoms with Gasteiger partial charge in [-0.15, -0.1) is 0 Å². The maximum atomic E-state index is 12.6. The summed E-state index contributed by atoms with van der Waals surface area (Å²) in [6.07, 6.45) is -6.91. The summed E-state index contributed by atoms with van der Waals surface area (Å²) in [5, 5.41) is 0. The van der Waals surface area contributed by atoms with E-state index in [0.717, 1.165) is 14.2 Å². The molecule has 0 saturated carbocycles. The number of ether oxygens (including phenoxy) is 3. The molecular weight excluding hydrogens is 229 g/mol. The van der Waals surface area contributed by atoms with Crippen LogP contribution in [0.15, 0.2) is 0 Å². The van der Waals surface area contributed by atoms with Crippen LogP contribution in [0.4, 0.5) is 13.2 Å². The molecule has 0 aliphatic carbocycles. The number of hydrogen-bond acceptors (Lipinski definition) is 4. The fourth-order valence-electron chi connectivity index (χ4n) is 1.19. The second kappa shape index (κ2) is 6.70. The van der Waals surface area contributed by atoms with Gasteiger partial charge in [0.25, 0.3) is 0 Å². The fraction of sp³-hybridized carbons (Fsp3) is 0.889. The largest absolute Gasteiger partial charge is 0.466 e. The highest BCUT2D eigenvalue weighted by Crippen LogP contribution is 2.33. The van der Waals surface area contributed by atoms with Gasteiger partial charge in [-0.3, -0.25) is 4.79 Å². The Morgan fingerprint density at radius 3 is 2.06 bits per heavy atom. The molecule has 0 radical (unpaired) electrons. The van der Waals surface area contributed by atoms with E-state index in [1.807, 2.05) is 0 Å². The van der Waals surface area contributed by atoms with Crippen molar-refractivity contribution in [2.75, 3.05) is 20.8 Å². The third-order valence-corrected chi connectivity index (χ3v) is 1.91. The maximum absolute atomic E-state index is 12.6. The molecule has 0 heterocycles. The number of methoxy groups -OCH3 is 2. The number of esters is 1. The van der Waals surface area contributed by atoms with E-state index in [0.29, 0.717) is 0 Å². The Hall–Kier alpha value is -0.820. The lowest BCUT2D eigenvalue weighted by molar-refractivity contribution is -0.255. The minimum Gasteiger partial charge on any atom is -0.466 e. The molecule has 0 aliphatic heterocycles. The molecule has 1 atom stereocenters. The second-order valence-corrected chi connectivity index (χ2v) is 3.00. The standard InChI is InChI=1S/C9H15F3O4/c1-4-16-7(13)5-6(9(10,11)12)8(14-2)15-3/h6,8H,4-5H2,1-3H3. The van der Waals surface area contributed by atoms with Crippen molar-refractivity contribution in [3.05, 3.63) is 0 Å². The van der Waals surface area contributed by atoms with Crippen LogP contribution in [0, 0.1) is 5.92 Å². The molecule has 0 N–H and O–H groups in total. The van der Waals surface area contributed by atoms with Crippen LogP contribution in [0.1, 0.15) is 13.3 Å². The number of hydrogen-bond donors (Lipinski definition) is 0. The SMILES string of the molecule is CCOC(=O)CC(C(OC)OC)C(F)(F)F. The molecule has 96 valence electrons. The first-order valence-corrected chi connectivity index (χ1v) is 4.64. The van der Waals surface area contributed by atoms with Crippen LogP contribution in [0.2, 0.25) is 0 Å². The van der Waals surface area contributed by atoms with E-state index in [2.05, 4.69) is 14.2 Å². The van der Waals surface area contributed by atoms with Gasteiger partial charge in [0, 0.05) is 14.2 Å². The molecule has 16 heavy (non-hydrogen) atoms. The first-order chi connectivity index (χ1) is 7.36. The molecule has 0 aliphatic rings. The quantitative estimate of drug-likeness (QED) is 0.527. The number of carbonyl (C=O) groups excluding carboxylic acids is 1. The van der Waals surface area contributed by atoms with Crippen molar-refractivity contribution in [1.82, 2.24) is 0 Å². The molecule has 0 spiro atoms. The lowest BCUT2D eigenvalue weighted by Gasteiger charge is -2.25. The van der Waals surface area contributed by atoms with Crippen molar-refractivity contribution in [3.63, 3.8) is 0 Å². The lowest BCUT2D eigenvalue weighted by Crippen LogP contribution is -2.38. The Morgan fingerprint density at radius 2 is 1.75 bits per heavy atom. The molecule has 0 bridgehead atoms. The van der Waals surface area contributed by atoms with Crippen LogP contribution in [-0.4, -0.2) is 39.3 Å². The summed E-state index contributed by atoms with van der Waals surface area (Å²) in [7, 11) is 2.16. The molecule has 0 aromatic carbocycles. The molecule has 1 unspecified atom stereocenters. The van der Waals surface area contributed by atoms with Gasteiger partial charge in [0.1, 0.15) is 5.92 Å². The van der Waals surface area contributed by atoms with Crippen LogP contribution in [0.25, 0.3) is 0 Å². The first-order valence-electron chi connectivity index (χ1n) is 4.64. The van der Waals surface area contributed by atoms with Gasteiger partial charge in [-0.1, -0.05) is 0 Å². The van der Waals surface area contributed by atoms with E-state index >= 15 is 0 Å². The summed E-state index contributed by atoms with van der Waals surface area (Å²) in [6, 6.07) is 0. The van der Waals surface area contributed by atoms with E-state index in [-0.39, 0.29) is 6.61 Å². The van der Waals surface area contributed by atoms with Crippen molar-refractivity contribution < 1.29 is 32.2 Å². The Morgan fingerprint density at radius 1 is 1.25 bits per heavy atom. The van der Waals surface area contributed by atoms with Crippen molar-refractivity contribution in [3.8, 4) is 0 Å². The van der Waals surface area contributed by atoms with E-state index < -0.39 is 30.8 Å². The normalized spacial score (nSPS) is 13.9. The first kappa shape index (κ1) is 15.2. The summed E-state index contributed by atoms with van der Waals surface area (Å²) in [5.41, 5.74) is 0. The average Bonchev–Trinajstić information content (AvgIpc) is 2.17. The zero-order valence-corrected chi connectivity index (χ0v) is 9.34. The molecule has 7 heteroatoms. The minimum absolute atomic E-state index is 0.0358. The number of carbonyl (C=O) groups is 1. The zero-order chi connectivity index (χ0) is 12.8. The van der Waals surface area contributed by atoms with Crippen molar-refractivity contribution in [2.45, 2.75) is 25.8 Å². The summed E-state index contributed by atoms with van der Waals surface area (Å²) >= 11 is 0. The van der Waals surface area contributed by atoms with Gasteiger partial charge in [0.05, 0.1) is 13.0 Å². The molecule has 4 nitrogen and oxygen atoms in total. The highest BCUT2D eigenvalue weighted by Gasteiger charge is 2.47. The van der Waals surface area contributed by atoms with Gasteiger partial charge >= 0.3 is 12.1 Å². The Balaban J connectivity index is 4.62. The predicted molar refractivity (Wildman–Crippen MR) is 48.6 cm³/mol. The fourth-order valence-corrected chi connectivity index (χ4v) is 1.19. The Bertz CT molecular complexity index is 213. The van der Waals surface area contributed by atoms with Gasteiger partial charge in [0.2, 0.25) is 0 Å². The smallest absolute Gasteiger partial charge is 0.397 e. The van der Waals surface area contributed by atoms with Crippen molar-refractivity contribution in [2.24, 2.45) is 5.92 Å². The van der Waals surface area contributed by atoms with Crippen LogP contribution < -0.4 is 0 Å². The molecule has 0 fully saturated rings. The van der Waals surface area contributed by atoms with Crippen LogP contribution in [0.5, 0.6) is 0 Å². The molecule has 0 amide bonds. The number of rotatable bonds is 6. The van der Waals surface area contributed by atoms with Crippen molar-refractivity contribution in [1.29, 1.82) is 0 Å².